The number of hydrogen-bond donors (Lipinski definition) is 0. The molecule has 0 fully saturated rings. The number of hydrogen-bond acceptors (Lipinski definition) is 3. The highest BCUT2D eigenvalue weighted by atomic mass is 32.2. The lowest BCUT2D eigenvalue weighted by molar-refractivity contribution is 0.476. The van der Waals surface area contributed by atoms with Crippen molar-refractivity contribution in [3.63, 3.8) is 0 Å². The molecule has 2 rings (SSSR count). The van der Waals surface area contributed by atoms with Crippen LogP contribution in [0.15, 0.2) is 35.6 Å². The van der Waals surface area contributed by atoms with Gasteiger partial charge >= 0.3 is 0 Å². The second kappa shape index (κ2) is 6.22. The van der Waals surface area contributed by atoms with Crippen molar-refractivity contribution in [1.82, 2.24) is 13.9 Å². The molecule has 0 aliphatic rings. The van der Waals surface area contributed by atoms with E-state index in [0.717, 1.165) is 6.07 Å². The van der Waals surface area contributed by atoms with Crippen LogP contribution in [0.5, 0.6) is 0 Å². The molecule has 0 amide bonds. The van der Waals surface area contributed by atoms with Gasteiger partial charge in [0.2, 0.25) is 10.0 Å². The summed E-state index contributed by atoms with van der Waals surface area (Å²) in [7, 11) is 0.517. The van der Waals surface area contributed by atoms with Crippen molar-refractivity contribution in [1.29, 1.82) is 0 Å². The third kappa shape index (κ3) is 3.15. The molecule has 1 aromatic heterocycles. The number of benzene rings is 1. The standard InChI is InChI=1S/C13H17FN3O2PS/c1-3-17(9-20)21(18,19)10-4-5-12(14)11(6-10)13-7-16(2)8-15-13/h4-8H,3,9,20H2,1-2H3. The van der Waals surface area contributed by atoms with Gasteiger partial charge in [0.05, 0.1) is 16.9 Å². The molecule has 1 atom stereocenters. The Balaban J connectivity index is 2.53. The molecule has 0 bridgehead atoms. The molecule has 0 radical (unpaired) electrons. The van der Waals surface area contributed by atoms with Gasteiger partial charge in [0.25, 0.3) is 0 Å². The minimum absolute atomic E-state index is 0.0638. The average Bonchev–Trinajstić information content (AvgIpc) is 2.86. The van der Waals surface area contributed by atoms with Gasteiger partial charge in [-0.1, -0.05) is 6.92 Å². The van der Waals surface area contributed by atoms with E-state index in [-0.39, 0.29) is 16.7 Å². The maximum atomic E-state index is 14.0. The second-order valence-electron chi connectivity index (χ2n) is 4.52. The Labute approximate surface area is 126 Å². The molecule has 1 unspecified atom stereocenters. The van der Waals surface area contributed by atoms with E-state index in [9.17, 15) is 12.8 Å². The fourth-order valence-electron chi connectivity index (χ4n) is 1.96. The molecular weight excluding hydrogens is 312 g/mol. The summed E-state index contributed by atoms with van der Waals surface area (Å²) in [5, 5.41) is 0. The number of rotatable bonds is 5. The fourth-order valence-corrected chi connectivity index (χ4v) is 4.15. The molecule has 114 valence electrons. The molecule has 0 N–H and O–H groups in total. The summed E-state index contributed by atoms with van der Waals surface area (Å²) in [6.07, 6.45) is 3.47. The second-order valence-corrected chi connectivity index (χ2v) is 6.82. The molecule has 1 aromatic carbocycles. The molecule has 8 heteroatoms. The van der Waals surface area contributed by atoms with Crippen LogP contribution in [-0.4, -0.2) is 35.1 Å². The molecule has 0 aliphatic carbocycles. The molecule has 0 aliphatic heterocycles. The van der Waals surface area contributed by atoms with Crippen molar-refractivity contribution in [3.8, 4) is 11.3 Å². The van der Waals surface area contributed by atoms with Gasteiger partial charge in [0.1, 0.15) is 5.82 Å². The first-order valence-corrected chi connectivity index (χ1v) is 8.64. The van der Waals surface area contributed by atoms with E-state index in [1.54, 1.807) is 24.7 Å². The number of nitrogens with zero attached hydrogens (tertiary/aromatic N) is 3. The van der Waals surface area contributed by atoms with Crippen LogP contribution in [0.4, 0.5) is 4.39 Å². The van der Waals surface area contributed by atoms with Crippen molar-refractivity contribution in [2.24, 2.45) is 7.05 Å². The summed E-state index contributed by atoms with van der Waals surface area (Å²) in [6, 6.07) is 3.77. The van der Waals surface area contributed by atoms with Gasteiger partial charge in [-0.2, -0.15) is 4.31 Å². The van der Waals surface area contributed by atoms with Gasteiger partial charge in [-0.3, -0.25) is 0 Å². The zero-order chi connectivity index (χ0) is 15.6. The maximum absolute atomic E-state index is 14.0. The molecule has 5 nitrogen and oxygen atoms in total. The van der Waals surface area contributed by atoms with Crippen LogP contribution in [-0.2, 0) is 17.1 Å². The van der Waals surface area contributed by atoms with Crippen molar-refractivity contribution >= 4 is 19.3 Å². The summed E-state index contributed by atoms with van der Waals surface area (Å²) in [5.41, 5.74) is 0.581. The van der Waals surface area contributed by atoms with Gasteiger partial charge in [0.15, 0.2) is 0 Å². The van der Waals surface area contributed by atoms with Crippen molar-refractivity contribution < 1.29 is 12.8 Å². The van der Waals surface area contributed by atoms with Crippen LogP contribution in [0.2, 0.25) is 0 Å². The van der Waals surface area contributed by atoms with Crippen LogP contribution in [0.1, 0.15) is 6.92 Å². The molecule has 21 heavy (non-hydrogen) atoms. The van der Waals surface area contributed by atoms with Gasteiger partial charge in [-0.25, -0.2) is 17.8 Å². The van der Waals surface area contributed by atoms with Crippen molar-refractivity contribution in [2.45, 2.75) is 11.8 Å². The highest BCUT2D eigenvalue weighted by molar-refractivity contribution is 7.89. The normalized spacial score (nSPS) is 12.0. The highest BCUT2D eigenvalue weighted by Crippen LogP contribution is 2.26. The third-order valence-electron chi connectivity index (χ3n) is 3.11. The number of sulfonamides is 1. The maximum Gasteiger partial charge on any atom is 0.243 e. The third-order valence-corrected chi connectivity index (χ3v) is 5.75. The SMILES string of the molecule is CCN(CP)S(=O)(=O)c1ccc(F)c(-c2cn(C)cn2)c1. The highest BCUT2D eigenvalue weighted by Gasteiger charge is 2.23. The van der Waals surface area contributed by atoms with E-state index < -0.39 is 15.8 Å². The topological polar surface area (TPSA) is 55.2 Å². The Bertz CT molecular complexity index is 742. The Morgan fingerprint density at radius 1 is 1.43 bits per heavy atom. The van der Waals surface area contributed by atoms with Crippen LogP contribution >= 0.6 is 9.24 Å². The lowest BCUT2D eigenvalue weighted by Gasteiger charge is -2.18. The molecule has 0 spiro atoms. The summed E-state index contributed by atoms with van der Waals surface area (Å²) in [6.45, 7) is 2.10. The Morgan fingerprint density at radius 3 is 2.67 bits per heavy atom. The zero-order valence-corrected chi connectivity index (χ0v) is 13.8. The van der Waals surface area contributed by atoms with Crippen LogP contribution in [0, 0.1) is 5.82 Å². The van der Waals surface area contributed by atoms with E-state index >= 15 is 0 Å². The van der Waals surface area contributed by atoms with Crippen LogP contribution in [0.25, 0.3) is 11.3 Å². The average molecular weight is 329 g/mol. The number of imidazole rings is 1. The first-order valence-electron chi connectivity index (χ1n) is 6.38. The van der Waals surface area contributed by atoms with Crippen molar-refractivity contribution in [2.75, 3.05) is 12.8 Å². The smallest absolute Gasteiger partial charge is 0.243 e. The van der Waals surface area contributed by atoms with E-state index in [2.05, 4.69) is 14.2 Å². The molecule has 0 saturated carbocycles. The summed E-state index contributed by atoms with van der Waals surface area (Å²) >= 11 is 0. The van der Waals surface area contributed by atoms with Crippen LogP contribution < -0.4 is 0 Å². The molecule has 0 saturated heterocycles. The lowest BCUT2D eigenvalue weighted by atomic mass is 10.1. The molecule has 2 aromatic rings. The van der Waals surface area contributed by atoms with E-state index in [1.165, 1.54) is 22.8 Å². The van der Waals surface area contributed by atoms with E-state index in [1.807, 2.05) is 0 Å². The largest absolute Gasteiger partial charge is 0.340 e. The quantitative estimate of drug-likeness (QED) is 0.789. The summed E-state index contributed by atoms with van der Waals surface area (Å²) in [4.78, 5) is 4.13. The summed E-state index contributed by atoms with van der Waals surface area (Å²) in [5.74, 6) is -0.499. The lowest BCUT2D eigenvalue weighted by Crippen LogP contribution is -2.29. The van der Waals surface area contributed by atoms with Crippen molar-refractivity contribution in [3.05, 3.63) is 36.5 Å². The van der Waals surface area contributed by atoms with Gasteiger partial charge < -0.3 is 4.57 Å². The summed E-state index contributed by atoms with van der Waals surface area (Å²) < 4.78 is 41.9. The number of halogens is 1. The monoisotopic (exact) mass is 329 g/mol. The Morgan fingerprint density at radius 2 is 2.14 bits per heavy atom. The number of aromatic nitrogens is 2. The fraction of sp³-hybridized carbons (Fsp3) is 0.308. The molecule has 1 heterocycles. The number of aryl methyl sites for hydroxylation is 1. The minimum atomic E-state index is -3.63. The Hall–Kier alpha value is -1.30. The zero-order valence-electron chi connectivity index (χ0n) is 11.8. The van der Waals surface area contributed by atoms with Gasteiger partial charge in [-0.15, -0.1) is 9.24 Å². The first kappa shape index (κ1) is 16.1. The van der Waals surface area contributed by atoms with Gasteiger partial charge in [0, 0.05) is 31.6 Å². The first-order chi connectivity index (χ1) is 9.90. The Kier molecular flexibility index (Phi) is 4.76. The van der Waals surface area contributed by atoms with E-state index in [0.29, 0.717) is 12.2 Å². The predicted molar refractivity (Wildman–Crippen MR) is 82.7 cm³/mol. The predicted octanol–water partition coefficient (Wildman–Crippen LogP) is 2.07. The minimum Gasteiger partial charge on any atom is -0.340 e. The molecular formula is C13H17FN3O2PS. The van der Waals surface area contributed by atoms with E-state index in [4.69, 9.17) is 0 Å². The van der Waals surface area contributed by atoms with Crippen LogP contribution in [0.3, 0.4) is 0 Å². The van der Waals surface area contributed by atoms with Gasteiger partial charge in [-0.05, 0) is 18.2 Å².